The van der Waals surface area contributed by atoms with Gasteiger partial charge in [0.25, 0.3) is 5.91 Å². The van der Waals surface area contributed by atoms with Crippen LogP contribution in [0.25, 0.3) is 0 Å². The third-order valence-corrected chi connectivity index (χ3v) is 3.01. The van der Waals surface area contributed by atoms with Gasteiger partial charge in [0.1, 0.15) is 0 Å². The smallest absolute Gasteiger partial charge is 0.254 e. The Morgan fingerprint density at radius 2 is 1.90 bits per heavy atom. The van der Waals surface area contributed by atoms with Crippen LogP contribution in [0.4, 0.5) is 17.6 Å². The lowest BCUT2D eigenvalue weighted by atomic mass is 10.0. The van der Waals surface area contributed by atoms with E-state index in [0.717, 1.165) is 0 Å². The maximum atomic E-state index is 13.4. The van der Waals surface area contributed by atoms with Gasteiger partial charge in [-0.2, -0.15) is 0 Å². The molecule has 1 rings (SSSR count). The van der Waals surface area contributed by atoms with Crippen LogP contribution in [0.3, 0.4) is 0 Å². The first-order chi connectivity index (χ1) is 9.42. The highest BCUT2D eigenvalue weighted by Gasteiger charge is 2.23. The Morgan fingerprint density at radius 1 is 1.25 bits per heavy atom. The van der Waals surface area contributed by atoms with E-state index in [0.29, 0.717) is 18.9 Å². The zero-order valence-electron chi connectivity index (χ0n) is 10.9. The van der Waals surface area contributed by atoms with E-state index in [1.807, 2.05) is 6.92 Å². The van der Waals surface area contributed by atoms with E-state index in [4.69, 9.17) is 5.11 Å². The number of halogens is 4. The van der Waals surface area contributed by atoms with Crippen LogP contribution < -0.4 is 5.32 Å². The van der Waals surface area contributed by atoms with Crippen LogP contribution >= 0.6 is 0 Å². The molecule has 1 atom stereocenters. The van der Waals surface area contributed by atoms with E-state index in [9.17, 15) is 22.4 Å². The molecular weight excluding hydrogens is 278 g/mol. The monoisotopic (exact) mass is 293 g/mol. The standard InChI is InChI=1S/C13H15F4NO2/c1-2-7(3-4-19)6-18-13(20)8-5-9(14)11(16)12(17)10(8)15/h5,7,19H,2-4,6H2,1H3,(H,18,20). The van der Waals surface area contributed by atoms with E-state index >= 15 is 0 Å². The van der Waals surface area contributed by atoms with Crippen LogP contribution in [-0.2, 0) is 0 Å². The van der Waals surface area contributed by atoms with Gasteiger partial charge in [-0.1, -0.05) is 13.3 Å². The lowest BCUT2D eigenvalue weighted by Crippen LogP contribution is -2.30. The fraction of sp³-hybridized carbons (Fsp3) is 0.462. The molecule has 1 unspecified atom stereocenters. The number of benzene rings is 1. The van der Waals surface area contributed by atoms with Crippen LogP contribution in [0.5, 0.6) is 0 Å². The van der Waals surface area contributed by atoms with E-state index in [1.54, 1.807) is 0 Å². The highest BCUT2D eigenvalue weighted by molar-refractivity contribution is 5.94. The van der Waals surface area contributed by atoms with Gasteiger partial charge in [0, 0.05) is 13.2 Å². The maximum absolute atomic E-state index is 13.4. The molecule has 0 aliphatic carbocycles. The minimum absolute atomic E-state index is 0.0397. The van der Waals surface area contributed by atoms with Crippen molar-refractivity contribution in [1.29, 1.82) is 0 Å². The Balaban J connectivity index is 2.83. The largest absolute Gasteiger partial charge is 0.396 e. The van der Waals surface area contributed by atoms with Gasteiger partial charge in [0.05, 0.1) is 5.56 Å². The number of nitrogens with one attached hydrogen (secondary N) is 1. The summed E-state index contributed by atoms with van der Waals surface area (Å²) >= 11 is 0. The summed E-state index contributed by atoms with van der Waals surface area (Å²) in [5, 5.41) is 11.1. The number of carbonyl (C=O) groups is 1. The minimum Gasteiger partial charge on any atom is -0.396 e. The Hall–Kier alpha value is -1.63. The molecule has 0 aliphatic rings. The lowest BCUT2D eigenvalue weighted by molar-refractivity contribution is 0.0937. The van der Waals surface area contributed by atoms with Crippen molar-refractivity contribution in [1.82, 2.24) is 5.32 Å². The van der Waals surface area contributed by atoms with E-state index in [1.165, 1.54) is 0 Å². The fourth-order valence-corrected chi connectivity index (χ4v) is 1.70. The van der Waals surface area contributed by atoms with Crippen molar-refractivity contribution in [3.63, 3.8) is 0 Å². The number of rotatable bonds is 6. The molecule has 0 heterocycles. The van der Waals surface area contributed by atoms with Gasteiger partial charge in [-0.3, -0.25) is 4.79 Å². The Labute approximate surface area is 113 Å². The molecule has 0 saturated heterocycles. The molecule has 0 saturated carbocycles. The van der Waals surface area contributed by atoms with Crippen LogP contribution in [0.1, 0.15) is 30.1 Å². The van der Waals surface area contributed by atoms with Crippen LogP contribution in [-0.4, -0.2) is 24.2 Å². The minimum atomic E-state index is -2.02. The van der Waals surface area contributed by atoms with Crippen molar-refractivity contribution in [2.45, 2.75) is 19.8 Å². The maximum Gasteiger partial charge on any atom is 0.254 e. The molecule has 0 aliphatic heterocycles. The number of carbonyl (C=O) groups excluding carboxylic acids is 1. The average Bonchev–Trinajstić information content (AvgIpc) is 2.44. The second-order valence-corrected chi connectivity index (χ2v) is 4.34. The van der Waals surface area contributed by atoms with Crippen molar-refractivity contribution in [3.8, 4) is 0 Å². The number of hydrogen-bond donors (Lipinski definition) is 2. The summed E-state index contributed by atoms with van der Waals surface area (Å²) in [5.41, 5.74) is -0.889. The molecule has 112 valence electrons. The van der Waals surface area contributed by atoms with Crippen LogP contribution in [0, 0.1) is 29.2 Å². The topological polar surface area (TPSA) is 49.3 Å². The average molecular weight is 293 g/mol. The summed E-state index contributed by atoms with van der Waals surface area (Å²) in [7, 11) is 0. The van der Waals surface area contributed by atoms with Crippen LogP contribution in [0.2, 0.25) is 0 Å². The van der Waals surface area contributed by atoms with Gasteiger partial charge in [0.15, 0.2) is 23.3 Å². The number of aliphatic hydroxyl groups is 1. The number of hydrogen-bond acceptors (Lipinski definition) is 2. The summed E-state index contributed by atoms with van der Waals surface area (Å²) in [4.78, 5) is 11.6. The first-order valence-corrected chi connectivity index (χ1v) is 6.14. The molecule has 3 nitrogen and oxygen atoms in total. The molecule has 0 fully saturated rings. The van der Waals surface area contributed by atoms with E-state index in [-0.39, 0.29) is 19.1 Å². The highest BCUT2D eigenvalue weighted by Crippen LogP contribution is 2.18. The number of aliphatic hydroxyl groups excluding tert-OH is 1. The Morgan fingerprint density at radius 3 is 2.45 bits per heavy atom. The highest BCUT2D eigenvalue weighted by atomic mass is 19.2. The molecule has 1 aromatic carbocycles. The predicted octanol–water partition coefficient (Wildman–Crippen LogP) is 2.38. The zero-order chi connectivity index (χ0) is 15.3. The second kappa shape index (κ2) is 7.23. The second-order valence-electron chi connectivity index (χ2n) is 4.34. The first kappa shape index (κ1) is 16.4. The third kappa shape index (κ3) is 3.69. The molecule has 2 N–H and O–H groups in total. The normalized spacial score (nSPS) is 12.3. The molecule has 1 aromatic rings. The van der Waals surface area contributed by atoms with Gasteiger partial charge >= 0.3 is 0 Å². The first-order valence-electron chi connectivity index (χ1n) is 6.14. The Kier molecular flexibility index (Phi) is 5.94. The molecule has 0 bridgehead atoms. The summed E-state index contributed by atoms with van der Waals surface area (Å²) < 4.78 is 52.1. The molecule has 20 heavy (non-hydrogen) atoms. The molecule has 0 aromatic heterocycles. The third-order valence-electron chi connectivity index (χ3n) is 3.01. The Bertz CT molecular complexity index is 494. The van der Waals surface area contributed by atoms with E-state index < -0.39 is 34.7 Å². The lowest BCUT2D eigenvalue weighted by Gasteiger charge is -2.14. The summed E-state index contributed by atoms with van der Waals surface area (Å²) in [6.45, 7) is 1.89. The predicted molar refractivity (Wildman–Crippen MR) is 64.1 cm³/mol. The van der Waals surface area contributed by atoms with Crippen molar-refractivity contribution in [2.75, 3.05) is 13.2 Å². The van der Waals surface area contributed by atoms with E-state index in [2.05, 4.69) is 5.32 Å². The molecular formula is C13H15F4NO2. The molecule has 0 radical (unpaired) electrons. The summed E-state index contributed by atoms with van der Waals surface area (Å²) in [5.74, 6) is -8.39. The van der Waals surface area contributed by atoms with Gasteiger partial charge in [-0.05, 0) is 18.4 Å². The molecule has 7 heteroatoms. The fourth-order valence-electron chi connectivity index (χ4n) is 1.70. The van der Waals surface area contributed by atoms with Gasteiger partial charge in [0.2, 0.25) is 0 Å². The van der Waals surface area contributed by atoms with Crippen molar-refractivity contribution >= 4 is 5.91 Å². The van der Waals surface area contributed by atoms with Gasteiger partial charge < -0.3 is 10.4 Å². The van der Waals surface area contributed by atoms with Crippen molar-refractivity contribution in [2.24, 2.45) is 5.92 Å². The van der Waals surface area contributed by atoms with Crippen molar-refractivity contribution in [3.05, 3.63) is 34.9 Å². The summed E-state index contributed by atoms with van der Waals surface area (Å²) in [6.07, 6.45) is 1.10. The molecule has 0 spiro atoms. The molecule has 1 amide bonds. The van der Waals surface area contributed by atoms with Gasteiger partial charge in [-0.15, -0.1) is 0 Å². The quantitative estimate of drug-likeness (QED) is 0.480. The SMILES string of the molecule is CCC(CCO)CNC(=O)c1cc(F)c(F)c(F)c1F. The van der Waals surface area contributed by atoms with Crippen molar-refractivity contribution < 1.29 is 27.5 Å². The van der Waals surface area contributed by atoms with Gasteiger partial charge in [-0.25, -0.2) is 17.6 Å². The van der Waals surface area contributed by atoms with Crippen LogP contribution in [0.15, 0.2) is 6.07 Å². The number of amides is 1. The summed E-state index contributed by atoms with van der Waals surface area (Å²) in [6, 6.07) is 0.316. The zero-order valence-corrected chi connectivity index (χ0v) is 10.9.